The quantitative estimate of drug-likeness (QED) is 0.309. The highest BCUT2D eigenvalue weighted by molar-refractivity contribution is 7.92. The number of carbonyl (C=O) groups excluding carboxylic acids is 1. The third-order valence-corrected chi connectivity index (χ3v) is 6.34. The zero-order valence-corrected chi connectivity index (χ0v) is 22.5. The molecule has 0 bridgehead atoms. The van der Waals surface area contributed by atoms with Gasteiger partial charge in [-0.1, -0.05) is 12.1 Å². The van der Waals surface area contributed by atoms with Gasteiger partial charge in [0.05, 0.1) is 0 Å². The second-order valence-electron chi connectivity index (χ2n) is 9.25. The van der Waals surface area contributed by atoms with Crippen LogP contribution in [0.4, 0.5) is 43.6 Å². The predicted octanol–water partition coefficient (Wildman–Crippen LogP) is 5.12. The number of nitrogens with one attached hydrogen (secondary N) is 3. The van der Waals surface area contributed by atoms with Gasteiger partial charge in [-0.3, -0.25) is 4.79 Å². The number of hydrogen-bond acceptors (Lipinski definition) is 9. The van der Waals surface area contributed by atoms with Gasteiger partial charge in [-0.2, -0.15) is 9.35 Å². The molecule has 1 amide bonds. The first kappa shape index (κ1) is 27.9. The molecule has 0 atom stereocenters. The van der Waals surface area contributed by atoms with E-state index in [2.05, 4.69) is 41.8 Å². The molecule has 3 N–H and O–H groups in total. The summed E-state index contributed by atoms with van der Waals surface area (Å²) in [4.78, 5) is 27.8. The number of alkyl halides is 2. The number of nitrogens with zero attached hydrogens (tertiary/aromatic N) is 5. The number of benzene rings is 1. The maximum Gasteiger partial charge on any atom is 0.256 e. The molecule has 1 aliphatic heterocycles. The lowest BCUT2D eigenvalue weighted by molar-refractivity contribution is -0.0220. The maximum atomic E-state index is 13.5. The minimum absolute atomic E-state index is 0. The van der Waals surface area contributed by atoms with E-state index in [1.54, 1.807) is 24.3 Å². The normalized spacial score (nSPS) is 14.8. The smallest absolute Gasteiger partial charge is 0.256 e. The molecule has 3 heterocycles. The minimum Gasteiger partial charge on any atom is -0.371 e. The molecule has 1 aromatic carbocycles. The van der Waals surface area contributed by atoms with Gasteiger partial charge >= 0.3 is 0 Å². The Morgan fingerprint density at radius 2 is 1.87 bits per heavy atom. The summed E-state index contributed by atoms with van der Waals surface area (Å²) < 4.78 is 43.2. The fourth-order valence-electron chi connectivity index (χ4n) is 3.83. The van der Waals surface area contributed by atoms with Gasteiger partial charge in [0, 0.05) is 73.7 Å². The zero-order chi connectivity index (χ0) is 28.0. The summed E-state index contributed by atoms with van der Waals surface area (Å²) >= 11 is 0. The summed E-state index contributed by atoms with van der Waals surface area (Å²) in [6.07, 6.45) is 5.64. The van der Waals surface area contributed by atoms with E-state index in [1.165, 1.54) is 18.7 Å². The van der Waals surface area contributed by atoms with Gasteiger partial charge in [0.1, 0.15) is 17.2 Å². The van der Waals surface area contributed by atoms with E-state index in [9.17, 15) is 17.8 Å². The Bertz CT molecular complexity index is 1460. The Hall–Kier alpha value is -4.13. The summed E-state index contributed by atoms with van der Waals surface area (Å²) in [5.41, 5.74) is 1.71. The van der Waals surface area contributed by atoms with Crippen molar-refractivity contribution in [1.82, 2.24) is 20.3 Å². The highest BCUT2D eigenvalue weighted by Crippen LogP contribution is 2.31. The number of piperidine rings is 1. The standard InChI is InChI=1S/C26H30F2N8O2S.H2/c1-4-14-29-24(37)20-17-30-25(34-23(20)33-21-6-5-7-22(32-21)35-39(2,3)38)31-18-8-10-19(11-9-18)36-15-12-26(27,28)13-16-36;/h4-11,17H,1,12-16H2,2-3H3,(H,29,37)(H2,30,31,32,33,34);1H. The molecule has 208 valence electrons. The van der Waals surface area contributed by atoms with Crippen LogP contribution in [-0.4, -0.2) is 63.1 Å². The predicted molar refractivity (Wildman–Crippen MR) is 152 cm³/mol. The Kier molecular flexibility index (Phi) is 8.38. The van der Waals surface area contributed by atoms with Crippen molar-refractivity contribution in [3.05, 3.63) is 66.9 Å². The number of aromatic nitrogens is 3. The van der Waals surface area contributed by atoms with Crippen molar-refractivity contribution in [2.45, 2.75) is 18.8 Å². The van der Waals surface area contributed by atoms with Gasteiger partial charge in [-0.25, -0.2) is 23.0 Å². The lowest BCUT2D eigenvalue weighted by Crippen LogP contribution is -2.39. The summed E-state index contributed by atoms with van der Waals surface area (Å²) in [5, 5.41) is 8.83. The Morgan fingerprint density at radius 1 is 1.15 bits per heavy atom. The number of anilines is 5. The highest BCUT2D eigenvalue weighted by Gasteiger charge is 2.34. The fourth-order valence-corrected chi connectivity index (χ4v) is 4.38. The van der Waals surface area contributed by atoms with Gasteiger partial charge in [-0.05, 0) is 36.4 Å². The van der Waals surface area contributed by atoms with Crippen LogP contribution in [0.1, 0.15) is 24.6 Å². The van der Waals surface area contributed by atoms with Crippen LogP contribution in [0, 0.1) is 0 Å². The summed E-state index contributed by atoms with van der Waals surface area (Å²) in [6, 6.07) is 12.3. The van der Waals surface area contributed by atoms with Crippen LogP contribution in [0.5, 0.6) is 0 Å². The lowest BCUT2D eigenvalue weighted by Gasteiger charge is -2.33. The van der Waals surface area contributed by atoms with E-state index in [0.29, 0.717) is 24.6 Å². The van der Waals surface area contributed by atoms with Crippen molar-refractivity contribution >= 4 is 50.4 Å². The molecule has 0 unspecified atom stereocenters. The third kappa shape index (κ3) is 7.93. The van der Waals surface area contributed by atoms with Gasteiger partial charge in [0.15, 0.2) is 5.82 Å². The van der Waals surface area contributed by atoms with Crippen molar-refractivity contribution in [2.75, 3.05) is 47.7 Å². The topological polar surface area (TPSA) is 125 Å². The van der Waals surface area contributed by atoms with Crippen molar-refractivity contribution in [3.8, 4) is 0 Å². The Balaban J connectivity index is 0.00000441. The summed E-state index contributed by atoms with van der Waals surface area (Å²) in [5.74, 6) is -1.98. The van der Waals surface area contributed by atoms with E-state index >= 15 is 0 Å². The molecule has 10 nitrogen and oxygen atoms in total. The van der Waals surface area contributed by atoms with E-state index in [-0.39, 0.29) is 44.0 Å². The maximum absolute atomic E-state index is 13.5. The number of pyridine rings is 1. The molecule has 0 radical (unpaired) electrons. The number of halogens is 2. The van der Waals surface area contributed by atoms with Crippen molar-refractivity contribution in [3.63, 3.8) is 0 Å². The van der Waals surface area contributed by atoms with E-state index in [0.717, 1.165) is 5.69 Å². The molecule has 0 spiro atoms. The average Bonchev–Trinajstić information content (AvgIpc) is 2.87. The first-order valence-electron chi connectivity index (χ1n) is 12.2. The summed E-state index contributed by atoms with van der Waals surface area (Å²) in [6.45, 7) is 4.45. The molecule has 39 heavy (non-hydrogen) atoms. The third-order valence-electron chi connectivity index (χ3n) is 5.72. The molecule has 4 rings (SSSR count). The molecule has 1 fully saturated rings. The van der Waals surface area contributed by atoms with Gasteiger partial charge < -0.3 is 20.9 Å². The second kappa shape index (κ2) is 11.7. The fraction of sp³-hybridized carbons (Fsp3) is 0.308. The highest BCUT2D eigenvalue weighted by atomic mass is 32.2. The van der Waals surface area contributed by atoms with Crippen LogP contribution in [0.3, 0.4) is 0 Å². The largest absolute Gasteiger partial charge is 0.371 e. The van der Waals surface area contributed by atoms with Crippen molar-refractivity contribution < 1.29 is 19.2 Å². The van der Waals surface area contributed by atoms with Crippen molar-refractivity contribution in [2.24, 2.45) is 4.36 Å². The molecule has 0 aliphatic carbocycles. The molecule has 1 aliphatic rings. The zero-order valence-electron chi connectivity index (χ0n) is 21.7. The van der Waals surface area contributed by atoms with Gasteiger partial charge in [0.25, 0.3) is 11.8 Å². The van der Waals surface area contributed by atoms with Gasteiger partial charge in [-0.15, -0.1) is 6.58 Å². The van der Waals surface area contributed by atoms with Crippen LogP contribution in [0.25, 0.3) is 0 Å². The number of rotatable bonds is 9. The Labute approximate surface area is 227 Å². The molecular formula is C26H32F2N8O2S. The first-order chi connectivity index (χ1) is 18.5. The van der Waals surface area contributed by atoms with Crippen LogP contribution >= 0.6 is 0 Å². The van der Waals surface area contributed by atoms with Crippen LogP contribution < -0.4 is 20.9 Å². The van der Waals surface area contributed by atoms with Crippen LogP contribution in [0.2, 0.25) is 0 Å². The molecule has 0 saturated carbocycles. The van der Waals surface area contributed by atoms with E-state index < -0.39 is 21.6 Å². The molecule has 2 aromatic heterocycles. The SMILES string of the molecule is C=CCNC(=O)c1cnc(Nc2ccc(N3CCC(F)(F)CC3)cc2)nc1Nc1cccc(N=S(C)(C)=O)n1.[HH]. The number of hydrogen-bond donors (Lipinski definition) is 3. The lowest BCUT2D eigenvalue weighted by atomic mass is 10.1. The molecule has 3 aromatic rings. The van der Waals surface area contributed by atoms with E-state index in [1.807, 2.05) is 29.2 Å². The van der Waals surface area contributed by atoms with Crippen molar-refractivity contribution in [1.29, 1.82) is 0 Å². The van der Waals surface area contributed by atoms with Crippen LogP contribution in [0.15, 0.2) is 65.7 Å². The molecule has 1 saturated heterocycles. The Morgan fingerprint density at radius 3 is 2.54 bits per heavy atom. The molecule has 13 heteroatoms. The van der Waals surface area contributed by atoms with E-state index in [4.69, 9.17) is 0 Å². The summed E-state index contributed by atoms with van der Waals surface area (Å²) in [7, 11) is -2.42. The average molecular weight is 559 g/mol. The number of carbonyl (C=O) groups is 1. The number of amides is 1. The van der Waals surface area contributed by atoms with Gasteiger partial charge in [0.2, 0.25) is 5.95 Å². The van der Waals surface area contributed by atoms with Crippen LogP contribution in [-0.2, 0) is 9.73 Å². The first-order valence-corrected chi connectivity index (χ1v) is 14.5. The second-order valence-corrected chi connectivity index (χ2v) is 11.8. The molecular weight excluding hydrogens is 526 g/mol. The monoisotopic (exact) mass is 558 g/mol. The minimum atomic E-state index is -2.60.